The van der Waals surface area contributed by atoms with Gasteiger partial charge in [0.15, 0.2) is 9.84 Å². The van der Waals surface area contributed by atoms with E-state index in [4.69, 9.17) is 0 Å². The maximum absolute atomic E-state index is 12.1. The molecule has 0 aliphatic rings. The maximum Gasteiger partial charge on any atom is 0.253 e. The number of hydrogen-bond donors (Lipinski definition) is 1. The predicted molar refractivity (Wildman–Crippen MR) is 84.4 cm³/mol. The zero-order valence-corrected chi connectivity index (χ0v) is 13.5. The summed E-state index contributed by atoms with van der Waals surface area (Å²) in [5.74, 6) is -0.216. The summed E-state index contributed by atoms with van der Waals surface area (Å²) in [6, 6.07) is 9.75. The first kappa shape index (κ1) is 16.2. The Labute approximate surface area is 130 Å². The Kier molecular flexibility index (Phi) is 4.61. The van der Waals surface area contributed by atoms with E-state index in [1.54, 1.807) is 36.4 Å². The van der Waals surface area contributed by atoms with Gasteiger partial charge in [0.1, 0.15) is 0 Å². The van der Waals surface area contributed by atoms with Crippen LogP contribution in [-0.4, -0.2) is 25.6 Å². The molecule has 0 spiro atoms. The van der Waals surface area contributed by atoms with Crippen molar-refractivity contribution in [1.82, 2.24) is 10.3 Å². The molecular weight excluding hydrogens is 300 g/mol. The second kappa shape index (κ2) is 6.27. The minimum Gasteiger partial charge on any atom is -0.345 e. The molecule has 5 nitrogen and oxygen atoms in total. The second-order valence-electron chi connectivity index (χ2n) is 5.22. The van der Waals surface area contributed by atoms with E-state index in [1.807, 2.05) is 13.8 Å². The molecule has 22 heavy (non-hydrogen) atoms. The summed E-state index contributed by atoms with van der Waals surface area (Å²) < 4.78 is 22.9. The van der Waals surface area contributed by atoms with Crippen molar-refractivity contribution in [2.24, 2.45) is 0 Å². The zero-order valence-electron chi connectivity index (χ0n) is 12.7. The molecule has 0 saturated heterocycles. The van der Waals surface area contributed by atoms with Crippen LogP contribution in [0, 0.1) is 6.92 Å². The number of aryl methyl sites for hydroxylation is 1. The van der Waals surface area contributed by atoms with Crippen LogP contribution in [0.4, 0.5) is 0 Å². The van der Waals surface area contributed by atoms with Crippen LogP contribution in [0.15, 0.2) is 47.5 Å². The number of benzene rings is 1. The number of nitrogens with one attached hydrogen (secondary N) is 1. The molecule has 2 rings (SSSR count). The average molecular weight is 318 g/mol. The molecule has 0 aliphatic heterocycles. The van der Waals surface area contributed by atoms with E-state index in [0.29, 0.717) is 5.56 Å². The van der Waals surface area contributed by atoms with Crippen LogP contribution >= 0.6 is 0 Å². The van der Waals surface area contributed by atoms with Crippen molar-refractivity contribution in [1.29, 1.82) is 0 Å². The van der Waals surface area contributed by atoms with E-state index < -0.39 is 9.84 Å². The first-order chi connectivity index (χ1) is 10.3. The lowest BCUT2D eigenvalue weighted by atomic mass is 10.1. The number of amides is 1. The summed E-state index contributed by atoms with van der Waals surface area (Å²) >= 11 is 0. The van der Waals surface area contributed by atoms with Gasteiger partial charge in [-0.25, -0.2) is 8.42 Å². The fourth-order valence-corrected chi connectivity index (χ4v) is 2.60. The molecule has 1 aromatic carbocycles. The first-order valence-corrected chi connectivity index (χ1v) is 8.70. The topological polar surface area (TPSA) is 76.1 Å². The number of aromatic nitrogens is 1. The minimum atomic E-state index is -3.21. The molecular formula is C16H18N2O3S. The minimum absolute atomic E-state index is 0.216. The molecule has 1 amide bonds. The quantitative estimate of drug-likeness (QED) is 0.938. The van der Waals surface area contributed by atoms with Crippen molar-refractivity contribution >= 4 is 15.7 Å². The standard InChI is InChI=1S/C16H18N2O3S/c1-11-4-5-14(10-17-11)16(19)18-12(2)13-6-8-15(9-7-13)22(3,20)21/h4-10,12H,1-3H3,(H,18,19)/t12-/m0/s1. The fraction of sp³-hybridized carbons (Fsp3) is 0.250. The predicted octanol–water partition coefficient (Wildman–Crippen LogP) is 2.28. The van der Waals surface area contributed by atoms with Gasteiger partial charge in [0.2, 0.25) is 0 Å². The molecule has 0 saturated carbocycles. The molecule has 6 heteroatoms. The number of carbonyl (C=O) groups is 1. The average Bonchev–Trinajstić information content (AvgIpc) is 2.47. The van der Waals surface area contributed by atoms with Crippen LogP contribution in [0.25, 0.3) is 0 Å². The SMILES string of the molecule is Cc1ccc(C(=O)N[C@@H](C)c2ccc(S(C)(=O)=O)cc2)cn1. The molecule has 0 aliphatic carbocycles. The van der Waals surface area contributed by atoms with Gasteiger partial charge in [-0.15, -0.1) is 0 Å². The highest BCUT2D eigenvalue weighted by atomic mass is 32.2. The molecule has 0 fully saturated rings. The lowest BCUT2D eigenvalue weighted by molar-refractivity contribution is 0.0939. The summed E-state index contributed by atoms with van der Waals surface area (Å²) in [6.45, 7) is 3.70. The third-order valence-electron chi connectivity index (χ3n) is 3.33. The molecule has 0 radical (unpaired) electrons. The van der Waals surface area contributed by atoms with Crippen molar-refractivity contribution in [2.45, 2.75) is 24.8 Å². The van der Waals surface area contributed by atoms with Gasteiger partial charge in [0.05, 0.1) is 16.5 Å². The maximum atomic E-state index is 12.1. The van der Waals surface area contributed by atoms with Crippen molar-refractivity contribution < 1.29 is 13.2 Å². The smallest absolute Gasteiger partial charge is 0.253 e. The normalized spacial score (nSPS) is 12.7. The summed E-state index contributed by atoms with van der Waals surface area (Å²) in [5.41, 5.74) is 2.17. The highest BCUT2D eigenvalue weighted by Crippen LogP contribution is 2.16. The van der Waals surface area contributed by atoms with Crippen molar-refractivity contribution in [3.05, 3.63) is 59.4 Å². The van der Waals surface area contributed by atoms with Crippen LogP contribution in [0.5, 0.6) is 0 Å². The van der Waals surface area contributed by atoms with E-state index in [1.165, 1.54) is 6.20 Å². The lowest BCUT2D eigenvalue weighted by Crippen LogP contribution is -2.26. The van der Waals surface area contributed by atoms with Gasteiger partial charge in [0.25, 0.3) is 5.91 Å². The van der Waals surface area contributed by atoms with Crippen molar-refractivity contribution in [2.75, 3.05) is 6.26 Å². The highest BCUT2D eigenvalue weighted by Gasteiger charge is 2.13. The molecule has 2 aromatic rings. The Bertz CT molecular complexity index is 766. The van der Waals surface area contributed by atoms with Crippen LogP contribution in [0.3, 0.4) is 0 Å². The number of nitrogens with zero attached hydrogens (tertiary/aromatic N) is 1. The van der Waals surface area contributed by atoms with E-state index in [2.05, 4.69) is 10.3 Å². The fourth-order valence-electron chi connectivity index (χ4n) is 1.97. The number of rotatable bonds is 4. The van der Waals surface area contributed by atoms with Gasteiger partial charge in [-0.1, -0.05) is 12.1 Å². The Morgan fingerprint density at radius 2 is 1.77 bits per heavy atom. The van der Waals surface area contributed by atoms with Crippen molar-refractivity contribution in [3.8, 4) is 0 Å². The van der Waals surface area contributed by atoms with Crippen molar-refractivity contribution in [3.63, 3.8) is 0 Å². The summed E-state index contributed by atoms with van der Waals surface area (Å²) in [6.07, 6.45) is 2.70. The van der Waals surface area contributed by atoms with E-state index in [0.717, 1.165) is 17.5 Å². The third kappa shape index (κ3) is 3.92. The zero-order chi connectivity index (χ0) is 16.3. The molecule has 1 atom stereocenters. The Morgan fingerprint density at radius 1 is 1.14 bits per heavy atom. The van der Waals surface area contributed by atoms with Gasteiger partial charge in [-0.3, -0.25) is 9.78 Å². The number of carbonyl (C=O) groups excluding carboxylic acids is 1. The lowest BCUT2D eigenvalue weighted by Gasteiger charge is -2.14. The molecule has 116 valence electrons. The molecule has 1 heterocycles. The summed E-state index contributed by atoms with van der Waals surface area (Å²) in [4.78, 5) is 16.5. The largest absolute Gasteiger partial charge is 0.345 e. The van der Waals surface area contributed by atoms with Crippen LogP contribution in [0.2, 0.25) is 0 Å². The highest BCUT2D eigenvalue weighted by molar-refractivity contribution is 7.90. The Morgan fingerprint density at radius 3 is 2.27 bits per heavy atom. The third-order valence-corrected chi connectivity index (χ3v) is 4.46. The number of sulfone groups is 1. The molecule has 1 N–H and O–H groups in total. The van der Waals surface area contributed by atoms with E-state index in [9.17, 15) is 13.2 Å². The number of pyridine rings is 1. The second-order valence-corrected chi connectivity index (χ2v) is 7.24. The van der Waals surface area contributed by atoms with Gasteiger partial charge < -0.3 is 5.32 Å². The van der Waals surface area contributed by atoms with Crippen LogP contribution in [-0.2, 0) is 9.84 Å². The first-order valence-electron chi connectivity index (χ1n) is 6.81. The van der Waals surface area contributed by atoms with E-state index in [-0.39, 0.29) is 16.8 Å². The number of hydrogen-bond acceptors (Lipinski definition) is 4. The summed E-state index contributed by atoms with van der Waals surface area (Å²) in [7, 11) is -3.21. The van der Waals surface area contributed by atoms with Gasteiger partial charge >= 0.3 is 0 Å². The molecule has 0 bridgehead atoms. The summed E-state index contributed by atoms with van der Waals surface area (Å²) in [5, 5.41) is 2.86. The van der Waals surface area contributed by atoms with Gasteiger partial charge in [-0.05, 0) is 43.7 Å². The Balaban J connectivity index is 2.10. The van der Waals surface area contributed by atoms with E-state index >= 15 is 0 Å². The molecule has 1 aromatic heterocycles. The molecule has 0 unspecified atom stereocenters. The van der Waals surface area contributed by atoms with Crippen LogP contribution in [0.1, 0.15) is 34.6 Å². The monoisotopic (exact) mass is 318 g/mol. The van der Waals surface area contributed by atoms with Gasteiger partial charge in [0, 0.05) is 18.1 Å². The van der Waals surface area contributed by atoms with Gasteiger partial charge in [-0.2, -0.15) is 0 Å². The van der Waals surface area contributed by atoms with Crippen LogP contribution < -0.4 is 5.32 Å². The Hall–Kier alpha value is -2.21.